The number of nitrogen functional groups attached to an aromatic ring is 2. The summed E-state index contributed by atoms with van der Waals surface area (Å²) < 4.78 is 23.5. The maximum atomic E-state index is 13.8. The number of aryl methyl sites for hydroxylation is 2. The molecule has 0 aliphatic heterocycles. The van der Waals surface area contributed by atoms with Crippen LogP contribution in [0.5, 0.6) is 0 Å². The van der Waals surface area contributed by atoms with Crippen LogP contribution in [0.15, 0.2) is 107 Å². The number of fused-ring (bicyclic) bond motifs is 2. The number of carbonyl (C=O) groups excluding carboxylic acids is 8. The molecule has 2 aliphatic carbocycles. The van der Waals surface area contributed by atoms with Crippen molar-refractivity contribution in [3.8, 4) is 22.5 Å². The number of aromatic amines is 2. The van der Waals surface area contributed by atoms with Crippen molar-refractivity contribution in [3.05, 3.63) is 152 Å². The Labute approximate surface area is 653 Å². The van der Waals surface area contributed by atoms with Gasteiger partial charge in [-0.3, -0.25) is 47.3 Å². The van der Waals surface area contributed by atoms with Crippen LogP contribution >= 0.6 is 0 Å². The fraction of sp³-hybridized carbons (Fsp3) is 0.468. The van der Waals surface area contributed by atoms with E-state index in [1.165, 1.54) is 18.4 Å². The van der Waals surface area contributed by atoms with Crippen molar-refractivity contribution >= 4 is 81.3 Å². The molecule has 34 nitrogen and oxygen atoms in total. The van der Waals surface area contributed by atoms with Crippen molar-refractivity contribution in [2.75, 3.05) is 70.6 Å². The Morgan fingerprint density at radius 2 is 1.07 bits per heavy atom. The topological polar surface area (TPSA) is 460 Å². The number of rotatable bonds is 40. The van der Waals surface area contributed by atoms with Crippen LogP contribution in [-0.2, 0) is 82.2 Å². The Balaban J connectivity index is 0.000000273. The van der Waals surface area contributed by atoms with Gasteiger partial charge in [-0.2, -0.15) is 10.2 Å². The Hall–Kier alpha value is -11.9. The molecule has 0 saturated heterocycles. The van der Waals surface area contributed by atoms with Crippen molar-refractivity contribution < 1.29 is 52.6 Å². The summed E-state index contributed by atoms with van der Waals surface area (Å²) >= 11 is 0. The van der Waals surface area contributed by atoms with Crippen molar-refractivity contribution in [1.82, 2.24) is 89.7 Å². The third-order valence-corrected chi connectivity index (χ3v) is 20.0. The number of Topliss-reactive ketones (excluding diaryl/α,β-unsaturated/α-hetero) is 2. The van der Waals surface area contributed by atoms with Crippen LogP contribution in [0.25, 0.3) is 44.8 Å². The first kappa shape index (κ1) is 83.5. The number of nitrogens with two attached hydrogens (primary N) is 3. The van der Waals surface area contributed by atoms with E-state index in [9.17, 15) is 47.9 Å². The third kappa shape index (κ3) is 24.0. The minimum Gasteiger partial charge on any atom is -0.445 e. The molecule has 2 saturated carbocycles. The van der Waals surface area contributed by atoms with Gasteiger partial charge >= 0.3 is 23.5 Å². The maximum Gasteiger partial charge on any atom is 0.410 e. The number of hydrogen-bond donors (Lipinski definition) is 9. The molecule has 2 atom stereocenters. The first-order chi connectivity index (χ1) is 54.3. The molecule has 3 aromatic carbocycles. The highest BCUT2D eigenvalue weighted by molar-refractivity contribution is 5.93. The van der Waals surface area contributed by atoms with Crippen LogP contribution in [0.4, 0.5) is 21.2 Å². The summed E-state index contributed by atoms with van der Waals surface area (Å²) in [6.07, 6.45) is 10.4. The zero-order valence-corrected chi connectivity index (χ0v) is 64.9. The van der Waals surface area contributed by atoms with Gasteiger partial charge in [0.15, 0.2) is 28.7 Å². The Bertz CT molecular complexity index is 4880. The largest absolute Gasteiger partial charge is 0.445 e. The highest BCUT2D eigenvalue weighted by atomic mass is 16.6. The van der Waals surface area contributed by atoms with Crippen LogP contribution in [0, 0.1) is 25.7 Å². The van der Waals surface area contributed by atoms with Gasteiger partial charge in [-0.05, 0) is 106 Å². The number of nitrogens with zero attached hydrogens (tertiary/aromatic N) is 12. The molecule has 0 spiro atoms. The molecule has 7 amide bonds. The lowest BCUT2D eigenvalue weighted by Gasteiger charge is -2.37. The SMILES string of the molecule is CC(=O)NCCOCCC(=O)C[C@H](C(=O)N[C@@H](CCCNC(N)=O)C(=O)Cc1ccc(COC(=O)N(CCn2ccc(-c3ccc(Cn4c(=O)[nH]c5c(N)nc(C)nc54)cc3)n2)C2CCC2)cc1)C(C)C.CC(=O)NCCOCCC(=O)N(CCn1ccc(-c2ccc(Cn3c(=O)[nH]c4c(N)nc(C)nc43)cc2)n1)C1CCC1. The molecular formula is C79H103N21O13. The van der Waals surface area contributed by atoms with Crippen molar-refractivity contribution in [2.24, 2.45) is 17.6 Å². The summed E-state index contributed by atoms with van der Waals surface area (Å²) in [6.45, 7) is 14.8. The average molecular weight is 1550 g/mol. The number of imidazole rings is 2. The quantitative estimate of drug-likeness (QED) is 0.0205. The molecule has 0 radical (unpaired) electrons. The zero-order valence-electron chi connectivity index (χ0n) is 64.9. The molecule has 2 fully saturated rings. The number of nitrogens with one attached hydrogen (secondary N) is 6. The predicted octanol–water partition coefficient (Wildman–Crippen LogP) is 5.78. The lowest BCUT2D eigenvalue weighted by atomic mass is 9.88. The predicted molar refractivity (Wildman–Crippen MR) is 422 cm³/mol. The number of ether oxygens (including phenoxy) is 3. The maximum absolute atomic E-state index is 13.8. The Morgan fingerprint density at radius 1 is 0.593 bits per heavy atom. The molecule has 2 aliphatic rings. The number of primary amides is 1. The normalized spacial score (nSPS) is 13.3. The first-order valence-corrected chi connectivity index (χ1v) is 38.4. The first-order valence-electron chi connectivity index (χ1n) is 38.4. The van der Waals surface area contributed by atoms with E-state index in [0.29, 0.717) is 118 Å². The van der Waals surface area contributed by atoms with Gasteiger partial charge in [-0.25, -0.2) is 39.1 Å². The van der Waals surface area contributed by atoms with Crippen molar-refractivity contribution in [1.29, 1.82) is 0 Å². The van der Waals surface area contributed by atoms with Gasteiger partial charge in [-0.1, -0.05) is 86.6 Å². The zero-order chi connectivity index (χ0) is 80.7. The average Bonchev–Trinajstić information content (AvgIpc) is 1.64. The number of benzene rings is 3. The van der Waals surface area contributed by atoms with Gasteiger partial charge in [0.2, 0.25) is 23.6 Å². The van der Waals surface area contributed by atoms with Crippen molar-refractivity contribution in [3.63, 3.8) is 0 Å². The number of hydrogen-bond acceptors (Lipinski definition) is 21. The summed E-state index contributed by atoms with van der Waals surface area (Å²) in [7, 11) is 0. The van der Waals surface area contributed by atoms with Crippen LogP contribution in [0.2, 0.25) is 0 Å². The van der Waals surface area contributed by atoms with Crippen molar-refractivity contribution in [2.45, 2.75) is 170 Å². The summed E-state index contributed by atoms with van der Waals surface area (Å²) in [6, 6.07) is 25.4. The summed E-state index contributed by atoms with van der Waals surface area (Å²) in [4.78, 5) is 152. The fourth-order valence-electron chi connectivity index (χ4n) is 13.3. The van der Waals surface area contributed by atoms with Crippen LogP contribution in [0.3, 0.4) is 0 Å². The molecule has 9 aromatic rings. The molecule has 602 valence electrons. The summed E-state index contributed by atoms with van der Waals surface area (Å²) in [5.41, 5.74) is 25.1. The van der Waals surface area contributed by atoms with E-state index in [0.717, 1.165) is 77.7 Å². The van der Waals surface area contributed by atoms with Gasteiger partial charge in [0, 0.05) is 107 Å². The minimum absolute atomic E-state index is 0.00569. The van der Waals surface area contributed by atoms with Crippen LogP contribution in [0.1, 0.15) is 132 Å². The van der Waals surface area contributed by atoms with E-state index in [-0.39, 0.29) is 122 Å². The van der Waals surface area contributed by atoms with E-state index in [2.05, 4.69) is 51.2 Å². The number of aromatic nitrogens is 12. The van der Waals surface area contributed by atoms with Gasteiger partial charge < -0.3 is 72.4 Å². The molecule has 0 unspecified atom stereocenters. The van der Waals surface area contributed by atoms with E-state index in [1.54, 1.807) is 52.3 Å². The van der Waals surface area contributed by atoms with E-state index >= 15 is 0 Å². The van der Waals surface area contributed by atoms with E-state index < -0.39 is 30.0 Å². The molecule has 12 N–H and O–H groups in total. The van der Waals surface area contributed by atoms with Crippen LogP contribution in [-0.4, -0.2) is 193 Å². The second-order valence-corrected chi connectivity index (χ2v) is 28.8. The monoisotopic (exact) mass is 1550 g/mol. The molecule has 113 heavy (non-hydrogen) atoms. The highest BCUT2D eigenvalue weighted by Gasteiger charge is 2.33. The van der Waals surface area contributed by atoms with E-state index in [1.807, 2.05) is 96.5 Å². The molecule has 0 bridgehead atoms. The standard InChI is InChI=1S/C50H66N12O9.C29H37N9O4/c1-31(2)40(28-39(64)19-25-70-26-21-53-33(4)63)47(66)57-42(9-6-20-54-48(52)67)43(65)27-34-10-12-36(13-11-34)30-71-50(69)61(38-7-5-8-38)24-23-60-22-18-41(59-60)37-16-14-35(15-17-37)29-62-46-44(58-49(62)68)45(51)55-32(3)56-46;1-19-32-27(30)26-28(33-19)38(29(41)34-26)18-21-6-8-22(9-7-21)24-10-13-36(35-24)14-15-37(23-4-3-5-23)25(40)11-16-42-17-12-31-20(2)39/h10-18,22,31,38,40,42H,5-9,19-21,23-30H2,1-4H3,(H,53,63)(H,57,66)(H,58,68)(H2,51,55,56)(H3,52,54,67);6-10,13,23H,3-5,11-12,14-18H2,1-2H3,(H,31,39)(H,34,41)(H2,30,32,33)/t40-,42-;/m0./s1. The molecular weight excluding hydrogens is 1450 g/mol. The Morgan fingerprint density at radius 3 is 1.55 bits per heavy atom. The second kappa shape index (κ2) is 40.3. The summed E-state index contributed by atoms with van der Waals surface area (Å²) in [5, 5.41) is 20.2. The number of H-pyrrole nitrogens is 2. The molecule has 34 heteroatoms. The third-order valence-electron chi connectivity index (χ3n) is 20.0. The molecule has 6 aromatic heterocycles. The molecule has 6 heterocycles. The lowest BCUT2D eigenvalue weighted by Crippen LogP contribution is -2.46. The fourth-order valence-corrected chi connectivity index (χ4v) is 13.3. The number of anilines is 2. The van der Waals surface area contributed by atoms with Gasteiger partial charge in [0.1, 0.15) is 35.1 Å². The second-order valence-electron chi connectivity index (χ2n) is 28.8. The number of ketones is 2. The highest BCUT2D eigenvalue weighted by Crippen LogP contribution is 2.29. The molecule has 11 rings (SSSR count). The summed E-state index contributed by atoms with van der Waals surface area (Å²) in [5.74, 6) is -0.422. The van der Waals surface area contributed by atoms with Crippen LogP contribution < -0.4 is 49.8 Å². The van der Waals surface area contributed by atoms with Gasteiger partial charge in [0.25, 0.3) is 0 Å². The number of carbonyl (C=O) groups is 8. The Kier molecular flexibility index (Phi) is 29.8. The minimum atomic E-state index is -0.887. The van der Waals surface area contributed by atoms with Gasteiger partial charge in [0.05, 0.1) is 76.5 Å². The number of amides is 7. The smallest absolute Gasteiger partial charge is 0.410 e. The number of urea groups is 1. The lowest BCUT2D eigenvalue weighted by molar-refractivity contribution is -0.136. The van der Waals surface area contributed by atoms with Gasteiger partial charge in [-0.15, -0.1) is 0 Å². The van der Waals surface area contributed by atoms with E-state index in [4.69, 9.17) is 41.6 Å².